The number of rotatable bonds is 9. The first kappa shape index (κ1) is 24.2. The standard InChI is InChI=1S/C25H28ClN5O2S/c1-4-6-15-34-25-29-24-27-16(3)21(22(31(24)30-25)17-11-7-8-12-18(17)26)23(32)28-19-13-9-10-14-20(19)33-5-2/h7-14,22H,4-6,15H2,1-3H3,(H,28,32)(H,27,29,30). The molecule has 0 aliphatic carbocycles. The number of para-hydroxylation sites is 2. The molecule has 2 aromatic carbocycles. The number of aromatic nitrogens is 3. The highest BCUT2D eigenvalue weighted by molar-refractivity contribution is 7.99. The highest BCUT2D eigenvalue weighted by atomic mass is 35.5. The smallest absolute Gasteiger partial charge is 0.255 e. The lowest BCUT2D eigenvalue weighted by molar-refractivity contribution is -0.113. The van der Waals surface area contributed by atoms with E-state index in [2.05, 4.69) is 22.5 Å². The van der Waals surface area contributed by atoms with Crippen LogP contribution >= 0.6 is 23.4 Å². The SMILES string of the molecule is CCCCSc1nc2n(n1)C(c1ccccc1Cl)C(C(=O)Nc1ccccc1OCC)=C(C)N2. The first-order chi connectivity index (χ1) is 16.5. The number of carbonyl (C=O) groups excluding carboxylic acids is 1. The number of unbranched alkanes of at least 4 members (excludes halogenated alkanes) is 1. The topological polar surface area (TPSA) is 81.1 Å². The second kappa shape index (κ2) is 11.0. The number of nitrogens with one attached hydrogen (secondary N) is 2. The summed E-state index contributed by atoms with van der Waals surface area (Å²) < 4.78 is 7.45. The van der Waals surface area contributed by atoms with Crippen LogP contribution < -0.4 is 15.4 Å². The van der Waals surface area contributed by atoms with Crippen molar-refractivity contribution in [2.24, 2.45) is 0 Å². The fraction of sp³-hybridized carbons (Fsp3) is 0.320. The quantitative estimate of drug-likeness (QED) is 0.272. The second-order valence-corrected chi connectivity index (χ2v) is 9.30. The van der Waals surface area contributed by atoms with E-state index in [0.717, 1.165) is 24.2 Å². The van der Waals surface area contributed by atoms with Gasteiger partial charge in [-0.3, -0.25) is 4.79 Å². The Morgan fingerprint density at radius 2 is 1.97 bits per heavy atom. The van der Waals surface area contributed by atoms with E-state index in [4.69, 9.17) is 21.4 Å². The van der Waals surface area contributed by atoms with E-state index in [0.29, 0.717) is 45.4 Å². The zero-order valence-electron chi connectivity index (χ0n) is 19.5. The molecule has 0 saturated carbocycles. The van der Waals surface area contributed by atoms with Crippen LogP contribution in [0.25, 0.3) is 0 Å². The van der Waals surface area contributed by atoms with Gasteiger partial charge in [-0.1, -0.05) is 67.0 Å². The minimum atomic E-state index is -0.530. The molecule has 3 aromatic rings. The van der Waals surface area contributed by atoms with E-state index < -0.39 is 6.04 Å². The zero-order valence-corrected chi connectivity index (χ0v) is 21.0. The Labute approximate surface area is 208 Å². The molecule has 1 amide bonds. The molecular formula is C25H28ClN5O2S. The molecule has 0 spiro atoms. The number of amides is 1. The molecule has 9 heteroatoms. The molecule has 178 valence electrons. The van der Waals surface area contributed by atoms with Crippen molar-refractivity contribution in [1.29, 1.82) is 0 Å². The minimum absolute atomic E-state index is 0.261. The number of halogens is 1. The normalized spacial score (nSPS) is 15.0. The number of anilines is 2. The van der Waals surface area contributed by atoms with Gasteiger partial charge < -0.3 is 15.4 Å². The Morgan fingerprint density at radius 1 is 1.21 bits per heavy atom. The predicted octanol–water partition coefficient (Wildman–Crippen LogP) is 6.15. The van der Waals surface area contributed by atoms with E-state index >= 15 is 0 Å². The molecule has 0 saturated heterocycles. The third-order valence-corrected chi connectivity index (χ3v) is 6.71. The highest BCUT2D eigenvalue weighted by Crippen LogP contribution is 2.39. The zero-order chi connectivity index (χ0) is 24.1. The number of benzene rings is 2. The Morgan fingerprint density at radius 3 is 2.74 bits per heavy atom. The maximum absolute atomic E-state index is 13.7. The molecule has 1 unspecified atom stereocenters. The molecule has 4 rings (SSSR count). The van der Waals surface area contributed by atoms with Gasteiger partial charge in [-0.05, 0) is 38.5 Å². The number of hydrogen-bond donors (Lipinski definition) is 2. The summed E-state index contributed by atoms with van der Waals surface area (Å²) in [6, 6.07) is 14.4. The summed E-state index contributed by atoms with van der Waals surface area (Å²) in [5.41, 5.74) is 2.60. The minimum Gasteiger partial charge on any atom is -0.492 e. The van der Waals surface area contributed by atoms with E-state index in [-0.39, 0.29) is 5.91 Å². The summed E-state index contributed by atoms with van der Waals surface area (Å²) in [5.74, 6) is 1.88. The van der Waals surface area contributed by atoms with Crippen LogP contribution in [0.3, 0.4) is 0 Å². The fourth-order valence-electron chi connectivity index (χ4n) is 3.82. The molecule has 1 atom stereocenters. The molecule has 0 radical (unpaired) electrons. The molecule has 2 N–H and O–H groups in total. The van der Waals surface area contributed by atoms with Crippen LogP contribution in [-0.2, 0) is 4.79 Å². The summed E-state index contributed by atoms with van der Waals surface area (Å²) in [6.07, 6.45) is 2.19. The molecule has 0 fully saturated rings. The molecule has 1 aromatic heterocycles. The summed E-state index contributed by atoms with van der Waals surface area (Å²) in [4.78, 5) is 18.4. The Balaban J connectivity index is 1.74. The Bertz CT molecular complexity index is 1210. The Kier molecular flexibility index (Phi) is 7.80. The second-order valence-electron chi connectivity index (χ2n) is 7.84. The molecule has 34 heavy (non-hydrogen) atoms. The van der Waals surface area contributed by atoms with Crippen LogP contribution in [0.5, 0.6) is 5.75 Å². The summed E-state index contributed by atoms with van der Waals surface area (Å²) in [7, 11) is 0. The van der Waals surface area contributed by atoms with Crippen molar-refractivity contribution in [2.45, 2.75) is 44.8 Å². The van der Waals surface area contributed by atoms with E-state index in [1.54, 1.807) is 16.4 Å². The maximum Gasteiger partial charge on any atom is 0.255 e. The lowest BCUT2D eigenvalue weighted by Crippen LogP contribution is -2.31. The van der Waals surface area contributed by atoms with Gasteiger partial charge >= 0.3 is 0 Å². The number of thioether (sulfide) groups is 1. The van der Waals surface area contributed by atoms with Gasteiger partial charge in [0.05, 0.1) is 17.9 Å². The lowest BCUT2D eigenvalue weighted by atomic mass is 9.95. The van der Waals surface area contributed by atoms with Gasteiger partial charge in [0.15, 0.2) is 0 Å². The van der Waals surface area contributed by atoms with Crippen molar-refractivity contribution in [2.75, 3.05) is 23.0 Å². The Hall–Kier alpha value is -2.97. The third kappa shape index (κ3) is 5.08. The van der Waals surface area contributed by atoms with Crippen LogP contribution in [0.2, 0.25) is 5.02 Å². The van der Waals surface area contributed by atoms with Gasteiger partial charge in [-0.15, -0.1) is 5.10 Å². The number of carbonyl (C=O) groups is 1. The predicted molar refractivity (Wildman–Crippen MR) is 138 cm³/mol. The molecular weight excluding hydrogens is 470 g/mol. The molecule has 1 aliphatic heterocycles. The summed E-state index contributed by atoms with van der Waals surface area (Å²) >= 11 is 8.23. The van der Waals surface area contributed by atoms with Crippen LogP contribution in [-0.4, -0.2) is 33.0 Å². The van der Waals surface area contributed by atoms with Crippen LogP contribution in [0.4, 0.5) is 11.6 Å². The van der Waals surface area contributed by atoms with Crippen LogP contribution in [0, 0.1) is 0 Å². The molecule has 1 aliphatic rings. The average molecular weight is 498 g/mol. The van der Waals surface area contributed by atoms with E-state index in [9.17, 15) is 4.79 Å². The number of hydrogen-bond acceptors (Lipinski definition) is 6. The first-order valence-electron chi connectivity index (χ1n) is 11.4. The van der Waals surface area contributed by atoms with Crippen molar-refractivity contribution in [3.8, 4) is 5.75 Å². The average Bonchev–Trinajstić information content (AvgIpc) is 3.22. The largest absolute Gasteiger partial charge is 0.492 e. The molecule has 2 heterocycles. The van der Waals surface area contributed by atoms with Crippen molar-refractivity contribution in [3.05, 3.63) is 70.4 Å². The van der Waals surface area contributed by atoms with Crippen LogP contribution in [0.15, 0.2) is 65.0 Å². The fourth-order valence-corrected chi connectivity index (χ4v) is 4.97. The van der Waals surface area contributed by atoms with E-state index in [1.165, 1.54) is 0 Å². The third-order valence-electron chi connectivity index (χ3n) is 5.44. The van der Waals surface area contributed by atoms with Gasteiger partial charge in [0.25, 0.3) is 5.91 Å². The van der Waals surface area contributed by atoms with Gasteiger partial charge in [0.2, 0.25) is 11.1 Å². The number of fused-ring (bicyclic) bond motifs is 1. The van der Waals surface area contributed by atoms with Crippen molar-refractivity contribution < 1.29 is 9.53 Å². The van der Waals surface area contributed by atoms with Crippen molar-refractivity contribution in [3.63, 3.8) is 0 Å². The first-order valence-corrected chi connectivity index (χ1v) is 12.7. The summed E-state index contributed by atoms with van der Waals surface area (Å²) in [5, 5.41) is 12.3. The van der Waals surface area contributed by atoms with Crippen LogP contribution in [0.1, 0.15) is 45.2 Å². The number of nitrogens with zero attached hydrogens (tertiary/aromatic N) is 3. The van der Waals surface area contributed by atoms with Gasteiger partial charge in [0.1, 0.15) is 11.8 Å². The molecule has 7 nitrogen and oxygen atoms in total. The maximum atomic E-state index is 13.7. The highest BCUT2D eigenvalue weighted by Gasteiger charge is 2.35. The van der Waals surface area contributed by atoms with Gasteiger partial charge in [0, 0.05) is 22.0 Å². The number of allylic oxidation sites excluding steroid dienone is 1. The van der Waals surface area contributed by atoms with E-state index in [1.807, 2.05) is 62.4 Å². The monoisotopic (exact) mass is 497 g/mol. The lowest BCUT2D eigenvalue weighted by Gasteiger charge is -2.29. The van der Waals surface area contributed by atoms with Crippen molar-refractivity contribution >= 4 is 40.9 Å². The molecule has 0 bridgehead atoms. The van der Waals surface area contributed by atoms with Gasteiger partial charge in [-0.2, -0.15) is 4.98 Å². The number of ether oxygens (including phenoxy) is 1. The van der Waals surface area contributed by atoms with Gasteiger partial charge in [-0.25, -0.2) is 4.68 Å². The van der Waals surface area contributed by atoms with Crippen molar-refractivity contribution in [1.82, 2.24) is 14.8 Å². The summed E-state index contributed by atoms with van der Waals surface area (Å²) in [6.45, 7) is 6.43.